The van der Waals surface area contributed by atoms with E-state index in [0.29, 0.717) is 31.8 Å². The summed E-state index contributed by atoms with van der Waals surface area (Å²) < 4.78 is 11.3. The lowest BCUT2D eigenvalue weighted by Gasteiger charge is -2.19. The third-order valence-corrected chi connectivity index (χ3v) is 3.99. The Labute approximate surface area is 156 Å². The number of para-hydroxylation sites is 2. The number of benzene rings is 2. The van der Waals surface area contributed by atoms with Crippen molar-refractivity contribution in [1.82, 2.24) is 0 Å². The first-order chi connectivity index (χ1) is 12.4. The zero-order chi connectivity index (χ0) is 19.0. The minimum absolute atomic E-state index is 0.00444. The van der Waals surface area contributed by atoms with Crippen LogP contribution in [0.5, 0.6) is 11.5 Å². The molecule has 140 valence electrons. The van der Waals surface area contributed by atoms with Gasteiger partial charge in [0.05, 0.1) is 13.2 Å². The van der Waals surface area contributed by atoms with Crippen molar-refractivity contribution in [2.45, 2.75) is 46.0 Å². The Balaban J connectivity index is 1.76. The lowest BCUT2D eigenvalue weighted by molar-refractivity contribution is -0.116. The van der Waals surface area contributed by atoms with E-state index in [1.807, 2.05) is 43.3 Å². The SMILES string of the molecule is CCOc1ccccc1OCCCC(=O)Nc1ccc(C(C)(C)C)cc1. The number of nitrogens with one attached hydrogen (secondary N) is 1. The number of hydrogen-bond donors (Lipinski definition) is 1. The summed E-state index contributed by atoms with van der Waals surface area (Å²) in [7, 11) is 0. The van der Waals surface area contributed by atoms with E-state index in [9.17, 15) is 4.79 Å². The first-order valence-corrected chi connectivity index (χ1v) is 9.15. The Morgan fingerprint density at radius 3 is 2.15 bits per heavy atom. The van der Waals surface area contributed by atoms with Crippen molar-refractivity contribution in [3.63, 3.8) is 0 Å². The fourth-order valence-electron chi connectivity index (χ4n) is 2.54. The minimum Gasteiger partial charge on any atom is -0.490 e. The normalized spacial score (nSPS) is 11.1. The molecule has 2 aromatic rings. The summed E-state index contributed by atoms with van der Waals surface area (Å²) in [5.74, 6) is 1.45. The van der Waals surface area contributed by atoms with Gasteiger partial charge in [0.25, 0.3) is 0 Å². The van der Waals surface area contributed by atoms with Gasteiger partial charge in [0.2, 0.25) is 5.91 Å². The van der Waals surface area contributed by atoms with Gasteiger partial charge in [-0.25, -0.2) is 0 Å². The summed E-state index contributed by atoms with van der Waals surface area (Å²) in [6.45, 7) is 9.52. The Hall–Kier alpha value is -2.49. The van der Waals surface area contributed by atoms with Crippen molar-refractivity contribution in [3.05, 3.63) is 54.1 Å². The average molecular weight is 355 g/mol. The van der Waals surface area contributed by atoms with Crippen LogP contribution in [0, 0.1) is 0 Å². The minimum atomic E-state index is -0.00444. The summed E-state index contributed by atoms with van der Waals surface area (Å²) in [6, 6.07) is 15.6. The van der Waals surface area contributed by atoms with Crippen LogP contribution in [0.4, 0.5) is 5.69 Å². The summed E-state index contributed by atoms with van der Waals surface area (Å²) in [5, 5.41) is 2.93. The molecule has 0 radical (unpaired) electrons. The molecule has 0 fully saturated rings. The second-order valence-corrected chi connectivity index (χ2v) is 7.21. The van der Waals surface area contributed by atoms with Crippen molar-refractivity contribution >= 4 is 11.6 Å². The van der Waals surface area contributed by atoms with Crippen molar-refractivity contribution < 1.29 is 14.3 Å². The molecule has 2 rings (SSSR count). The van der Waals surface area contributed by atoms with Gasteiger partial charge in [-0.2, -0.15) is 0 Å². The zero-order valence-corrected chi connectivity index (χ0v) is 16.2. The second kappa shape index (κ2) is 9.27. The molecule has 26 heavy (non-hydrogen) atoms. The van der Waals surface area contributed by atoms with Crippen molar-refractivity contribution in [2.75, 3.05) is 18.5 Å². The maximum absolute atomic E-state index is 12.1. The maximum Gasteiger partial charge on any atom is 0.224 e. The highest BCUT2D eigenvalue weighted by Gasteiger charge is 2.13. The fraction of sp³-hybridized carbons (Fsp3) is 0.409. The van der Waals surface area contributed by atoms with Crippen molar-refractivity contribution in [2.24, 2.45) is 0 Å². The van der Waals surface area contributed by atoms with Crippen LogP contribution >= 0.6 is 0 Å². The molecule has 0 aliphatic rings. The van der Waals surface area contributed by atoms with E-state index in [4.69, 9.17) is 9.47 Å². The third-order valence-electron chi connectivity index (χ3n) is 3.99. The molecular formula is C22H29NO3. The van der Waals surface area contributed by atoms with Crippen LogP contribution in [0.15, 0.2) is 48.5 Å². The smallest absolute Gasteiger partial charge is 0.224 e. The molecular weight excluding hydrogens is 326 g/mol. The molecule has 0 spiro atoms. The number of amides is 1. The monoisotopic (exact) mass is 355 g/mol. The lowest BCUT2D eigenvalue weighted by Crippen LogP contribution is -2.14. The summed E-state index contributed by atoms with van der Waals surface area (Å²) in [5.41, 5.74) is 2.18. The maximum atomic E-state index is 12.1. The highest BCUT2D eigenvalue weighted by Crippen LogP contribution is 2.26. The number of carbonyl (C=O) groups excluding carboxylic acids is 1. The van der Waals surface area contributed by atoms with Crippen LogP contribution in [-0.2, 0) is 10.2 Å². The van der Waals surface area contributed by atoms with Crippen LogP contribution in [0.1, 0.15) is 46.1 Å². The molecule has 0 saturated carbocycles. The molecule has 0 heterocycles. The number of carbonyl (C=O) groups is 1. The average Bonchev–Trinajstić information content (AvgIpc) is 2.60. The van der Waals surface area contributed by atoms with Gasteiger partial charge in [-0.15, -0.1) is 0 Å². The van der Waals surface area contributed by atoms with Gasteiger partial charge >= 0.3 is 0 Å². The second-order valence-electron chi connectivity index (χ2n) is 7.21. The third kappa shape index (κ3) is 6.10. The van der Waals surface area contributed by atoms with Gasteiger partial charge in [0.15, 0.2) is 11.5 Å². The number of ether oxygens (including phenoxy) is 2. The summed E-state index contributed by atoms with van der Waals surface area (Å²) >= 11 is 0. The molecule has 0 saturated heterocycles. The van der Waals surface area contributed by atoms with Gasteiger partial charge in [-0.3, -0.25) is 4.79 Å². The van der Waals surface area contributed by atoms with E-state index in [0.717, 1.165) is 11.4 Å². The molecule has 4 nitrogen and oxygen atoms in total. The highest BCUT2D eigenvalue weighted by atomic mass is 16.5. The fourth-order valence-corrected chi connectivity index (χ4v) is 2.54. The number of hydrogen-bond acceptors (Lipinski definition) is 3. The summed E-state index contributed by atoms with van der Waals surface area (Å²) in [4.78, 5) is 12.1. The lowest BCUT2D eigenvalue weighted by atomic mass is 9.87. The molecule has 4 heteroatoms. The number of rotatable bonds is 8. The van der Waals surface area contributed by atoms with E-state index >= 15 is 0 Å². The molecule has 0 aliphatic heterocycles. The van der Waals surface area contributed by atoms with Crippen LogP contribution in [0.25, 0.3) is 0 Å². The van der Waals surface area contributed by atoms with Gasteiger partial charge in [0, 0.05) is 12.1 Å². The van der Waals surface area contributed by atoms with E-state index < -0.39 is 0 Å². The first-order valence-electron chi connectivity index (χ1n) is 9.15. The quantitative estimate of drug-likeness (QED) is 0.664. The number of anilines is 1. The van der Waals surface area contributed by atoms with Gasteiger partial charge < -0.3 is 14.8 Å². The van der Waals surface area contributed by atoms with Crippen LogP contribution < -0.4 is 14.8 Å². The topological polar surface area (TPSA) is 47.6 Å². The van der Waals surface area contributed by atoms with Crippen LogP contribution in [-0.4, -0.2) is 19.1 Å². The largest absolute Gasteiger partial charge is 0.490 e. The Kier molecular flexibility index (Phi) is 7.07. The Morgan fingerprint density at radius 2 is 1.58 bits per heavy atom. The van der Waals surface area contributed by atoms with E-state index in [2.05, 4.69) is 38.2 Å². The predicted molar refractivity (Wildman–Crippen MR) is 106 cm³/mol. The van der Waals surface area contributed by atoms with Crippen molar-refractivity contribution in [1.29, 1.82) is 0 Å². The standard InChI is InChI=1S/C22H29NO3/c1-5-25-19-9-6-7-10-20(19)26-16-8-11-21(24)23-18-14-12-17(13-15-18)22(2,3)4/h6-7,9-10,12-15H,5,8,11,16H2,1-4H3,(H,23,24). The first kappa shape index (κ1) is 19.8. The molecule has 2 aromatic carbocycles. The van der Waals surface area contributed by atoms with Gasteiger partial charge in [0.1, 0.15) is 0 Å². The molecule has 1 N–H and O–H groups in total. The molecule has 0 unspecified atom stereocenters. The Bertz CT molecular complexity index is 702. The Morgan fingerprint density at radius 1 is 0.962 bits per heavy atom. The molecule has 0 atom stereocenters. The molecule has 0 bridgehead atoms. The van der Waals surface area contributed by atoms with E-state index in [-0.39, 0.29) is 11.3 Å². The van der Waals surface area contributed by atoms with E-state index in [1.165, 1.54) is 5.56 Å². The predicted octanol–water partition coefficient (Wildman–Crippen LogP) is 5.18. The zero-order valence-electron chi connectivity index (χ0n) is 16.2. The molecule has 0 aliphatic carbocycles. The van der Waals surface area contributed by atoms with Gasteiger partial charge in [-0.05, 0) is 48.6 Å². The van der Waals surface area contributed by atoms with Crippen LogP contribution in [0.2, 0.25) is 0 Å². The molecule has 0 aromatic heterocycles. The summed E-state index contributed by atoms with van der Waals surface area (Å²) in [6.07, 6.45) is 1.06. The van der Waals surface area contributed by atoms with Crippen molar-refractivity contribution in [3.8, 4) is 11.5 Å². The highest BCUT2D eigenvalue weighted by molar-refractivity contribution is 5.90. The van der Waals surface area contributed by atoms with Crippen LogP contribution in [0.3, 0.4) is 0 Å². The van der Waals surface area contributed by atoms with E-state index in [1.54, 1.807) is 0 Å². The van der Waals surface area contributed by atoms with Gasteiger partial charge in [-0.1, -0.05) is 45.0 Å². The molecule has 1 amide bonds.